The number of hydrogen-bond donors (Lipinski definition) is 0. The van der Waals surface area contributed by atoms with E-state index in [1.54, 1.807) is 6.20 Å². The summed E-state index contributed by atoms with van der Waals surface area (Å²) in [5.74, 6) is 1.01. The van der Waals surface area contributed by atoms with Crippen LogP contribution in [0.15, 0.2) is 18.3 Å². The molecule has 2 aromatic heterocycles. The van der Waals surface area contributed by atoms with Gasteiger partial charge in [0.25, 0.3) is 5.19 Å². The zero-order valence-corrected chi connectivity index (χ0v) is 9.55. The molecule has 15 heavy (non-hydrogen) atoms. The Balaban J connectivity index is 2.11. The number of alkyl halides is 1. The molecule has 0 atom stereocenters. The first-order chi connectivity index (χ1) is 7.28. The molecule has 0 aliphatic carbocycles. The maximum atomic E-state index is 5.60. The van der Waals surface area contributed by atoms with Crippen molar-refractivity contribution < 1.29 is 4.74 Å². The molecule has 0 radical (unpaired) electrons. The van der Waals surface area contributed by atoms with Gasteiger partial charge in [-0.05, 0) is 19.1 Å². The lowest BCUT2D eigenvalue weighted by atomic mass is 10.4. The summed E-state index contributed by atoms with van der Waals surface area (Å²) in [5, 5.41) is 8.90. The summed E-state index contributed by atoms with van der Waals surface area (Å²) >= 11 is 6.93. The van der Waals surface area contributed by atoms with Gasteiger partial charge in [0.15, 0.2) is 0 Å². The maximum absolute atomic E-state index is 5.60. The first-order valence-electron chi connectivity index (χ1n) is 4.27. The minimum Gasteiger partial charge on any atom is -0.428 e. The van der Waals surface area contributed by atoms with Crippen LogP contribution in [0.2, 0.25) is 0 Å². The molecule has 0 saturated carbocycles. The predicted octanol–water partition coefficient (Wildman–Crippen LogP) is 2.77. The molecule has 2 rings (SSSR count). The van der Waals surface area contributed by atoms with Crippen molar-refractivity contribution in [3.63, 3.8) is 0 Å². The van der Waals surface area contributed by atoms with Crippen molar-refractivity contribution in [1.29, 1.82) is 0 Å². The summed E-state index contributed by atoms with van der Waals surface area (Å²) < 4.78 is 5.44. The highest BCUT2D eigenvalue weighted by Gasteiger charge is 2.05. The molecule has 78 valence electrons. The van der Waals surface area contributed by atoms with Crippen LogP contribution in [0.3, 0.4) is 0 Å². The van der Waals surface area contributed by atoms with Crippen molar-refractivity contribution >= 4 is 22.9 Å². The number of nitrogens with zero attached hydrogens (tertiary/aromatic N) is 3. The van der Waals surface area contributed by atoms with Crippen molar-refractivity contribution in [2.45, 2.75) is 12.8 Å². The standard InChI is InChI=1S/C9H8ClN3OS/c1-6-2-3-7(5-11-6)14-9-13-12-8(4-10)15-9/h2-3,5H,4H2,1H3. The molecule has 0 N–H and O–H groups in total. The van der Waals surface area contributed by atoms with Crippen LogP contribution in [0.4, 0.5) is 0 Å². The lowest BCUT2D eigenvalue weighted by Crippen LogP contribution is -1.85. The molecular formula is C9H8ClN3OS. The average Bonchev–Trinajstić information content (AvgIpc) is 2.69. The van der Waals surface area contributed by atoms with Gasteiger partial charge in [-0.2, -0.15) is 0 Å². The Hall–Kier alpha value is -1.20. The third-order valence-electron chi connectivity index (χ3n) is 1.65. The van der Waals surface area contributed by atoms with Crippen LogP contribution < -0.4 is 4.74 Å². The van der Waals surface area contributed by atoms with Gasteiger partial charge in [0.05, 0.1) is 12.1 Å². The maximum Gasteiger partial charge on any atom is 0.299 e. The molecule has 0 spiro atoms. The molecule has 2 heterocycles. The third-order valence-corrected chi connectivity index (χ3v) is 2.86. The van der Waals surface area contributed by atoms with Crippen LogP contribution in [0, 0.1) is 6.92 Å². The number of aryl methyl sites for hydroxylation is 1. The van der Waals surface area contributed by atoms with E-state index in [4.69, 9.17) is 16.3 Å². The molecule has 0 unspecified atom stereocenters. The molecule has 0 aromatic carbocycles. The van der Waals surface area contributed by atoms with Crippen LogP contribution in [0.5, 0.6) is 10.9 Å². The fourth-order valence-corrected chi connectivity index (χ4v) is 1.72. The van der Waals surface area contributed by atoms with Crippen LogP contribution in [0.25, 0.3) is 0 Å². The van der Waals surface area contributed by atoms with Crippen molar-refractivity contribution in [1.82, 2.24) is 15.2 Å². The van der Waals surface area contributed by atoms with E-state index in [1.807, 2.05) is 19.1 Å². The predicted molar refractivity (Wildman–Crippen MR) is 58.5 cm³/mol. The number of ether oxygens (including phenoxy) is 1. The zero-order chi connectivity index (χ0) is 10.7. The molecular weight excluding hydrogens is 234 g/mol. The first-order valence-corrected chi connectivity index (χ1v) is 5.62. The highest BCUT2D eigenvalue weighted by atomic mass is 35.5. The second kappa shape index (κ2) is 4.55. The quantitative estimate of drug-likeness (QED) is 0.776. The molecule has 4 nitrogen and oxygen atoms in total. The Morgan fingerprint density at radius 1 is 1.40 bits per heavy atom. The molecule has 6 heteroatoms. The van der Waals surface area contributed by atoms with Gasteiger partial charge in [-0.3, -0.25) is 4.98 Å². The Morgan fingerprint density at radius 2 is 2.27 bits per heavy atom. The lowest BCUT2D eigenvalue weighted by molar-refractivity contribution is 0.470. The largest absolute Gasteiger partial charge is 0.428 e. The second-order valence-electron chi connectivity index (χ2n) is 2.83. The van der Waals surface area contributed by atoms with E-state index in [0.29, 0.717) is 16.8 Å². The van der Waals surface area contributed by atoms with E-state index in [-0.39, 0.29) is 0 Å². The van der Waals surface area contributed by atoms with E-state index in [1.165, 1.54) is 11.3 Å². The number of pyridine rings is 1. The average molecular weight is 242 g/mol. The van der Waals surface area contributed by atoms with E-state index in [9.17, 15) is 0 Å². The minimum absolute atomic E-state index is 0.354. The van der Waals surface area contributed by atoms with Crippen molar-refractivity contribution in [2.24, 2.45) is 0 Å². The SMILES string of the molecule is Cc1ccc(Oc2nnc(CCl)s2)cn1. The number of halogens is 1. The van der Waals surface area contributed by atoms with Crippen molar-refractivity contribution in [3.05, 3.63) is 29.0 Å². The Morgan fingerprint density at radius 3 is 2.87 bits per heavy atom. The van der Waals surface area contributed by atoms with Gasteiger partial charge < -0.3 is 4.74 Å². The van der Waals surface area contributed by atoms with Crippen molar-refractivity contribution in [3.8, 4) is 10.9 Å². The van der Waals surface area contributed by atoms with E-state index in [2.05, 4.69) is 15.2 Å². The smallest absolute Gasteiger partial charge is 0.299 e. The molecule has 0 bridgehead atoms. The summed E-state index contributed by atoms with van der Waals surface area (Å²) in [6, 6.07) is 3.71. The summed E-state index contributed by atoms with van der Waals surface area (Å²) in [6.45, 7) is 1.92. The monoisotopic (exact) mass is 241 g/mol. The van der Waals surface area contributed by atoms with Gasteiger partial charge >= 0.3 is 0 Å². The van der Waals surface area contributed by atoms with Gasteiger partial charge in [0.2, 0.25) is 0 Å². The topological polar surface area (TPSA) is 47.9 Å². The summed E-state index contributed by atoms with van der Waals surface area (Å²) in [5.41, 5.74) is 0.945. The summed E-state index contributed by atoms with van der Waals surface area (Å²) in [4.78, 5) is 4.11. The van der Waals surface area contributed by atoms with Crippen LogP contribution in [-0.2, 0) is 5.88 Å². The molecule has 0 aliphatic heterocycles. The summed E-state index contributed by atoms with van der Waals surface area (Å²) in [6.07, 6.45) is 1.65. The molecule has 0 saturated heterocycles. The highest BCUT2D eigenvalue weighted by molar-refractivity contribution is 7.13. The molecule has 0 amide bonds. The Kier molecular flexibility index (Phi) is 3.13. The number of hydrogen-bond acceptors (Lipinski definition) is 5. The van der Waals surface area contributed by atoms with E-state index in [0.717, 1.165) is 10.7 Å². The van der Waals surface area contributed by atoms with E-state index >= 15 is 0 Å². The Labute approximate surface area is 95.9 Å². The van der Waals surface area contributed by atoms with E-state index < -0.39 is 0 Å². The van der Waals surface area contributed by atoms with Crippen molar-refractivity contribution in [2.75, 3.05) is 0 Å². The number of aromatic nitrogens is 3. The van der Waals surface area contributed by atoms with Gasteiger partial charge in [-0.1, -0.05) is 16.4 Å². The van der Waals surface area contributed by atoms with Crippen LogP contribution in [0.1, 0.15) is 10.7 Å². The number of rotatable bonds is 3. The normalized spacial score (nSPS) is 10.3. The van der Waals surface area contributed by atoms with Crippen LogP contribution in [-0.4, -0.2) is 15.2 Å². The Bertz CT molecular complexity index is 443. The molecule has 2 aromatic rings. The zero-order valence-electron chi connectivity index (χ0n) is 7.98. The summed E-state index contributed by atoms with van der Waals surface area (Å²) in [7, 11) is 0. The molecule has 0 fully saturated rings. The van der Waals surface area contributed by atoms with Gasteiger partial charge in [0.1, 0.15) is 10.8 Å². The van der Waals surface area contributed by atoms with Gasteiger partial charge in [0, 0.05) is 5.69 Å². The second-order valence-corrected chi connectivity index (χ2v) is 4.12. The van der Waals surface area contributed by atoms with Crippen LogP contribution >= 0.6 is 22.9 Å². The highest BCUT2D eigenvalue weighted by Crippen LogP contribution is 2.24. The van der Waals surface area contributed by atoms with Gasteiger partial charge in [-0.15, -0.1) is 16.7 Å². The fraction of sp³-hybridized carbons (Fsp3) is 0.222. The third kappa shape index (κ3) is 2.64. The first kappa shape index (κ1) is 10.3. The lowest BCUT2D eigenvalue weighted by Gasteiger charge is -1.99. The van der Waals surface area contributed by atoms with Gasteiger partial charge in [-0.25, -0.2) is 0 Å². The minimum atomic E-state index is 0.354. The molecule has 0 aliphatic rings. The fourth-order valence-electron chi connectivity index (χ4n) is 0.949.